The molecule has 2 N–H and O–H groups in total. The van der Waals surface area contributed by atoms with Crippen LogP contribution in [0.15, 0.2) is 58.3 Å². The molecule has 0 fully saturated rings. The van der Waals surface area contributed by atoms with Gasteiger partial charge in [0.1, 0.15) is 0 Å². The summed E-state index contributed by atoms with van der Waals surface area (Å²) in [5.41, 5.74) is 2.67. The predicted octanol–water partition coefficient (Wildman–Crippen LogP) is 5.12. The van der Waals surface area contributed by atoms with Gasteiger partial charge < -0.3 is 14.1 Å². The van der Waals surface area contributed by atoms with E-state index < -0.39 is 31.7 Å². The summed E-state index contributed by atoms with van der Waals surface area (Å²) in [4.78, 5) is 1.79. The number of allylic oxidation sites excluding steroid dienone is 2. The molecular weight excluding hydrogens is 591 g/mol. The van der Waals surface area contributed by atoms with Crippen LogP contribution in [0.1, 0.15) is 32.1 Å². The second kappa shape index (κ2) is 11.9. The van der Waals surface area contributed by atoms with Crippen LogP contribution in [0.25, 0.3) is 17.2 Å². The van der Waals surface area contributed by atoms with E-state index in [0.717, 1.165) is 5.57 Å². The van der Waals surface area contributed by atoms with Crippen LogP contribution in [-0.4, -0.2) is 44.0 Å². The molecule has 2 heterocycles. The Kier molecular flexibility index (Phi) is 8.94. The van der Waals surface area contributed by atoms with Crippen molar-refractivity contribution in [2.75, 3.05) is 23.0 Å². The van der Waals surface area contributed by atoms with Gasteiger partial charge in [-0.3, -0.25) is 9.11 Å². The van der Waals surface area contributed by atoms with E-state index in [0.29, 0.717) is 50.8 Å². The van der Waals surface area contributed by atoms with Crippen LogP contribution in [0.4, 0.5) is 5.69 Å². The van der Waals surface area contributed by atoms with Gasteiger partial charge in [-0.15, -0.1) is 0 Å². The monoisotopic (exact) mass is 617 g/mol. The largest absolute Gasteiger partial charge is 0.439 e. The van der Waals surface area contributed by atoms with E-state index in [2.05, 4.69) is 0 Å². The van der Waals surface area contributed by atoms with Crippen molar-refractivity contribution in [2.45, 2.75) is 32.7 Å². The van der Waals surface area contributed by atoms with Crippen LogP contribution in [0.3, 0.4) is 0 Å². The molecule has 0 saturated carbocycles. The normalized spacial score (nSPS) is 15.3. The van der Waals surface area contributed by atoms with Crippen LogP contribution < -0.4 is 14.2 Å². The number of benzene rings is 2. The highest BCUT2D eigenvalue weighted by Crippen LogP contribution is 2.41. The van der Waals surface area contributed by atoms with E-state index >= 15 is 0 Å². The molecule has 210 valence electrons. The van der Waals surface area contributed by atoms with Crippen molar-refractivity contribution in [3.63, 3.8) is 0 Å². The maximum absolute atomic E-state index is 11.3. The SMILES string of the molecule is CCC(/C=C1\Oc2ccc(Cl)cc2N1CCCS(=O)(=O)O)=C\c1oc2ccc(Cl)cc2[n+]1CCCS(=O)(=O)O. The second-order valence-electron chi connectivity index (χ2n) is 8.90. The molecule has 10 nitrogen and oxygen atoms in total. The standard InChI is InChI=1S/C25H26Cl2N2O8S2/c1-2-17(13-24-28(9-3-11-38(30,31)32)20-15-18(26)5-7-22(20)36-24)14-25-29(10-4-12-39(33,34)35)21-16-19(27)6-8-23(21)37-25/h5-8,13-16H,2-4,9-12H2,1H3,(H-,30,31,32,33,34,35)/p+1. The number of ether oxygens (including phenoxy) is 1. The van der Waals surface area contributed by atoms with E-state index in [9.17, 15) is 16.8 Å². The third kappa shape index (κ3) is 7.74. The lowest BCUT2D eigenvalue weighted by Crippen LogP contribution is -2.36. The molecule has 0 amide bonds. The molecule has 1 aromatic heterocycles. The molecule has 2 aromatic carbocycles. The highest BCUT2D eigenvalue weighted by atomic mass is 35.5. The van der Waals surface area contributed by atoms with Crippen LogP contribution in [0.5, 0.6) is 5.75 Å². The first-order valence-electron chi connectivity index (χ1n) is 12.0. The topological polar surface area (TPSA) is 138 Å². The van der Waals surface area contributed by atoms with Crippen molar-refractivity contribution in [1.82, 2.24) is 0 Å². The highest BCUT2D eigenvalue weighted by molar-refractivity contribution is 7.86. The molecule has 4 rings (SSSR count). The average molecular weight is 619 g/mol. The number of oxazole rings is 1. The van der Waals surface area contributed by atoms with Gasteiger partial charge in [0.25, 0.3) is 25.8 Å². The third-order valence-electron chi connectivity index (χ3n) is 5.98. The van der Waals surface area contributed by atoms with Crippen molar-refractivity contribution in [1.29, 1.82) is 0 Å². The third-order valence-corrected chi connectivity index (χ3v) is 8.06. The molecule has 0 atom stereocenters. The summed E-state index contributed by atoms with van der Waals surface area (Å²) in [5, 5.41) is 0.966. The maximum atomic E-state index is 11.3. The summed E-state index contributed by atoms with van der Waals surface area (Å²) in [6.07, 6.45) is 4.45. The second-order valence-corrected chi connectivity index (χ2v) is 12.9. The molecule has 0 bridgehead atoms. The number of anilines is 1. The fourth-order valence-electron chi connectivity index (χ4n) is 4.20. The molecule has 39 heavy (non-hydrogen) atoms. The Morgan fingerprint density at radius 2 is 1.67 bits per heavy atom. The van der Waals surface area contributed by atoms with Crippen molar-refractivity contribution in [3.05, 3.63) is 69.9 Å². The zero-order valence-electron chi connectivity index (χ0n) is 20.9. The molecule has 1 aliphatic heterocycles. The van der Waals surface area contributed by atoms with E-state index in [1.54, 1.807) is 58.0 Å². The quantitative estimate of drug-likeness (QED) is 0.222. The van der Waals surface area contributed by atoms with Gasteiger partial charge in [0, 0.05) is 35.2 Å². The summed E-state index contributed by atoms with van der Waals surface area (Å²) < 4.78 is 77.3. The number of nitrogens with zero attached hydrogens (tertiary/aromatic N) is 2. The number of hydrogen-bond donors (Lipinski definition) is 2. The summed E-state index contributed by atoms with van der Waals surface area (Å²) in [5.74, 6) is 0.606. The molecule has 0 saturated heterocycles. The molecule has 14 heteroatoms. The summed E-state index contributed by atoms with van der Waals surface area (Å²) in [7, 11) is -8.25. The lowest BCUT2D eigenvalue weighted by molar-refractivity contribution is -0.677. The Hall–Kier alpha value is -2.61. The van der Waals surface area contributed by atoms with Gasteiger partial charge in [-0.05, 0) is 48.7 Å². The zero-order chi connectivity index (χ0) is 28.4. The van der Waals surface area contributed by atoms with Gasteiger partial charge in [-0.1, -0.05) is 30.1 Å². The van der Waals surface area contributed by atoms with Gasteiger partial charge in [0.2, 0.25) is 11.5 Å². The lowest BCUT2D eigenvalue weighted by Gasteiger charge is -2.18. The van der Waals surface area contributed by atoms with Crippen LogP contribution >= 0.6 is 23.2 Å². The average Bonchev–Trinajstić information content (AvgIpc) is 3.34. The number of aromatic nitrogens is 1. The minimum atomic E-state index is -4.13. The number of hydrogen-bond acceptors (Lipinski definition) is 7. The van der Waals surface area contributed by atoms with Crippen molar-refractivity contribution in [3.8, 4) is 5.75 Å². The van der Waals surface area contributed by atoms with Crippen LogP contribution in [-0.2, 0) is 26.8 Å². The highest BCUT2D eigenvalue weighted by Gasteiger charge is 2.28. The smallest absolute Gasteiger partial charge is 0.374 e. The Morgan fingerprint density at radius 1 is 1.00 bits per heavy atom. The lowest BCUT2D eigenvalue weighted by atomic mass is 10.1. The van der Waals surface area contributed by atoms with E-state index in [1.807, 2.05) is 6.92 Å². The fraction of sp³-hybridized carbons (Fsp3) is 0.320. The van der Waals surface area contributed by atoms with Gasteiger partial charge >= 0.3 is 5.89 Å². The first-order chi connectivity index (χ1) is 18.3. The minimum Gasteiger partial charge on any atom is -0.439 e. The minimum absolute atomic E-state index is 0.148. The summed E-state index contributed by atoms with van der Waals surface area (Å²) >= 11 is 12.4. The Labute approximate surface area is 236 Å². The predicted molar refractivity (Wildman–Crippen MR) is 149 cm³/mol. The Morgan fingerprint density at radius 3 is 2.36 bits per heavy atom. The Bertz CT molecular complexity index is 1660. The van der Waals surface area contributed by atoms with Gasteiger partial charge in [-0.25, -0.2) is 0 Å². The molecule has 0 radical (unpaired) electrons. The van der Waals surface area contributed by atoms with E-state index in [4.69, 9.17) is 41.5 Å². The first-order valence-corrected chi connectivity index (χ1v) is 16.0. The van der Waals surface area contributed by atoms with E-state index in [1.165, 1.54) is 0 Å². The van der Waals surface area contributed by atoms with Crippen molar-refractivity contribution < 1.29 is 39.7 Å². The van der Waals surface area contributed by atoms with Gasteiger partial charge in [-0.2, -0.15) is 21.4 Å². The molecule has 0 aliphatic carbocycles. The number of aryl methyl sites for hydroxylation is 1. The van der Waals surface area contributed by atoms with Gasteiger partial charge in [0.05, 0.1) is 23.3 Å². The zero-order valence-corrected chi connectivity index (χ0v) is 24.0. The van der Waals surface area contributed by atoms with E-state index in [-0.39, 0.29) is 25.9 Å². The molecule has 3 aromatic rings. The van der Waals surface area contributed by atoms with Crippen molar-refractivity contribution in [2.24, 2.45) is 0 Å². The maximum Gasteiger partial charge on any atom is 0.374 e. The van der Waals surface area contributed by atoms with Crippen molar-refractivity contribution >= 4 is 66.3 Å². The molecular formula is C25H27Cl2N2O8S2+. The summed E-state index contributed by atoms with van der Waals surface area (Å²) in [6, 6.07) is 10.2. The van der Waals surface area contributed by atoms with Crippen LogP contribution in [0.2, 0.25) is 10.0 Å². The number of rotatable bonds is 11. The number of halogens is 2. The molecule has 0 unspecified atom stereocenters. The first kappa shape index (κ1) is 29.4. The van der Waals surface area contributed by atoms with Crippen LogP contribution in [0, 0.1) is 0 Å². The van der Waals surface area contributed by atoms with Gasteiger partial charge in [0.15, 0.2) is 12.3 Å². The molecule has 0 spiro atoms. The summed E-state index contributed by atoms with van der Waals surface area (Å²) in [6.45, 7) is 2.43. The molecule has 1 aliphatic rings. The fourth-order valence-corrected chi connectivity index (χ4v) is 5.52. The Balaban J connectivity index is 1.71. The number of fused-ring (bicyclic) bond motifs is 2.